The highest BCUT2D eigenvalue weighted by Gasteiger charge is 2.30. The molecule has 0 aliphatic heterocycles. The number of carbonyl (C=O) groups is 2. The van der Waals surface area contributed by atoms with Crippen LogP contribution >= 0.6 is 23.5 Å². The molecular weight excluding hydrogens is 743 g/mol. The Labute approximate surface area is 314 Å². The molecule has 2 atom stereocenters. The summed E-state index contributed by atoms with van der Waals surface area (Å²) in [5, 5.41) is 35.2. The standard InChI is InChI=1S/2C18H15FN4O3S/c2*19-12-5-4-11-7-15(14(11)8-12)20-17(21-25)16-18(23-26-22-16)27-9-10-2-1-3-13(24)6-10/h2*1-5,8,15,25H,6-7,9H2,(H,20,21)/t2*15-/m10/s1. The first-order valence-corrected chi connectivity index (χ1v) is 18.5. The number of amidine groups is 2. The van der Waals surface area contributed by atoms with Crippen molar-refractivity contribution in [1.82, 2.24) is 31.6 Å². The van der Waals surface area contributed by atoms with Crippen molar-refractivity contribution in [3.05, 3.63) is 129 Å². The van der Waals surface area contributed by atoms with E-state index in [0.29, 0.717) is 47.2 Å². The lowest BCUT2D eigenvalue weighted by molar-refractivity contribution is -0.114. The van der Waals surface area contributed by atoms with Crippen LogP contribution in [0.1, 0.15) is 58.6 Å². The van der Waals surface area contributed by atoms with Crippen LogP contribution in [-0.4, -0.2) is 65.8 Å². The van der Waals surface area contributed by atoms with Crippen molar-refractivity contribution in [2.24, 2.45) is 9.98 Å². The van der Waals surface area contributed by atoms with Crippen molar-refractivity contribution in [2.45, 2.75) is 47.8 Å². The van der Waals surface area contributed by atoms with E-state index in [1.807, 2.05) is 23.1 Å². The Balaban J connectivity index is 0.000000167. The lowest BCUT2D eigenvalue weighted by Crippen LogP contribution is -2.25. The second-order valence-corrected chi connectivity index (χ2v) is 14.3. The molecule has 2 aromatic carbocycles. The van der Waals surface area contributed by atoms with Crippen molar-refractivity contribution in [1.29, 1.82) is 0 Å². The van der Waals surface area contributed by atoms with Gasteiger partial charge in [0.05, 0.1) is 12.1 Å². The second-order valence-electron chi connectivity index (χ2n) is 12.4. The Morgan fingerprint density at radius 3 is 1.57 bits per heavy atom. The van der Waals surface area contributed by atoms with Gasteiger partial charge in [-0.2, -0.15) is 0 Å². The predicted octanol–water partition coefficient (Wildman–Crippen LogP) is 5.56. The average molecular weight is 773 g/mol. The Kier molecular flexibility index (Phi) is 11.3. The van der Waals surface area contributed by atoms with Crippen molar-refractivity contribution >= 4 is 46.8 Å². The summed E-state index contributed by atoms with van der Waals surface area (Å²) in [5.74, 6) is 0.746. The Morgan fingerprint density at radius 2 is 1.17 bits per heavy atom. The highest BCUT2D eigenvalue weighted by molar-refractivity contribution is 7.99. The van der Waals surface area contributed by atoms with Gasteiger partial charge in [0, 0.05) is 24.3 Å². The summed E-state index contributed by atoms with van der Waals surface area (Å²) < 4.78 is 36.5. The summed E-state index contributed by atoms with van der Waals surface area (Å²) in [6.07, 6.45) is 12.3. The van der Waals surface area contributed by atoms with Crippen molar-refractivity contribution < 1.29 is 38.0 Å². The summed E-state index contributed by atoms with van der Waals surface area (Å²) in [6, 6.07) is 8.63. The minimum atomic E-state index is -0.323. The van der Waals surface area contributed by atoms with Gasteiger partial charge in [0.15, 0.2) is 44.7 Å². The molecule has 8 rings (SSSR count). The topological polar surface area (TPSA) is 201 Å². The number of allylic oxidation sites excluding steroid dienone is 6. The molecule has 4 aromatic rings. The van der Waals surface area contributed by atoms with E-state index >= 15 is 0 Å². The van der Waals surface area contributed by atoms with E-state index in [-0.39, 0.29) is 58.3 Å². The molecule has 0 unspecified atom stereocenters. The first-order valence-electron chi connectivity index (χ1n) is 16.5. The number of benzene rings is 2. The summed E-state index contributed by atoms with van der Waals surface area (Å²) in [5.41, 5.74) is 10.1. The summed E-state index contributed by atoms with van der Waals surface area (Å²) in [7, 11) is 0. The molecule has 54 heavy (non-hydrogen) atoms. The minimum absolute atomic E-state index is 0.0572. The van der Waals surface area contributed by atoms with Gasteiger partial charge in [-0.25, -0.2) is 18.0 Å². The van der Waals surface area contributed by atoms with Crippen LogP contribution < -0.4 is 11.0 Å². The van der Waals surface area contributed by atoms with E-state index in [1.54, 1.807) is 24.3 Å². The largest absolute Gasteiger partial charge is 0.294 e. The molecular formula is C36H30F2N8O6S2. The summed E-state index contributed by atoms with van der Waals surface area (Å²) >= 11 is 2.67. The van der Waals surface area contributed by atoms with E-state index < -0.39 is 0 Å². The smallest absolute Gasteiger partial charge is 0.185 e. The fourth-order valence-corrected chi connectivity index (χ4v) is 7.71. The molecule has 0 saturated heterocycles. The van der Waals surface area contributed by atoms with Crippen LogP contribution in [-0.2, 0) is 22.4 Å². The molecule has 0 radical (unpaired) electrons. The predicted molar refractivity (Wildman–Crippen MR) is 192 cm³/mol. The zero-order chi connectivity index (χ0) is 37.6. The third kappa shape index (κ3) is 8.46. The third-order valence-corrected chi connectivity index (χ3v) is 10.8. The van der Waals surface area contributed by atoms with E-state index in [0.717, 1.165) is 33.4 Å². The third-order valence-electron chi connectivity index (χ3n) is 8.73. The summed E-state index contributed by atoms with van der Waals surface area (Å²) in [6.45, 7) is 0. The van der Waals surface area contributed by atoms with Gasteiger partial charge in [-0.3, -0.25) is 40.9 Å². The first kappa shape index (κ1) is 36.8. The molecule has 276 valence electrons. The van der Waals surface area contributed by atoms with Crippen molar-refractivity contribution in [2.75, 3.05) is 11.5 Å². The number of nitrogens with one attached hydrogen (secondary N) is 2. The first-order chi connectivity index (χ1) is 26.3. The average Bonchev–Trinajstić information content (AvgIpc) is 3.83. The molecule has 4 aliphatic rings. The van der Waals surface area contributed by atoms with Gasteiger partial charge in [-0.05, 0) is 92.1 Å². The number of rotatable bonds is 10. The van der Waals surface area contributed by atoms with Crippen molar-refractivity contribution in [3.8, 4) is 0 Å². The second kappa shape index (κ2) is 16.6. The van der Waals surface area contributed by atoms with Crippen LogP contribution in [0.3, 0.4) is 0 Å². The number of fused-ring (bicyclic) bond motifs is 2. The van der Waals surface area contributed by atoms with Gasteiger partial charge >= 0.3 is 0 Å². The van der Waals surface area contributed by atoms with Gasteiger partial charge in [0.1, 0.15) is 11.6 Å². The fraction of sp³-hybridized carbons (Fsp3) is 0.222. The van der Waals surface area contributed by atoms with E-state index in [1.165, 1.54) is 59.9 Å². The Hall–Kier alpha value is -5.56. The lowest BCUT2D eigenvalue weighted by Gasteiger charge is -2.27. The number of halogens is 2. The highest BCUT2D eigenvalue weighted by Crippen LogP contribution is 2.38. The van der Waals surface area contributed by atoms with E-state index in [9.17, 15) is 28.8 Å². The highest BCUT2D eigenvalue weighted by atomic mass is 32.2. The number of hydrogen-bond donors (Lipinski definition) is 4. The number of thioether (sulfide) groups is 2. The van der Waals surface area contributed by atoms with Gasteiger partial charge in [0.2, 0.25) is 0 Å². The van der Waals surface area contributed by atoms with Crippen LogP contribution in [0, 0.1) is 11.6 Å². The number of hydroxylamine groups is 2. The summed E-state index contributed by atoms with van der Waals surface area (Å²) in [4.78, 5) is 31.8. The maximum atomic E-state index is 13.4. The molecule has 4 aliphatic carbocycles. The molecule has 4 N–H and O–H groups in total. The number of nitrogens with zero attached hydrogens (tertiary/aromatic N) is 6. The molecule has 0 saturated carbocycles. The zero-order valence-corrected chi connectivity index (χ0v) is 29.7. The Bertz CT molecular complexity index is 2120. The van der Waals surface area contributed by atoms with Gasteiger partial charge in [-0.1, -0.05) is 71.1 Å². The van der Waals surface area contributed by atoms with Crippen LogP contribution in [0.2, 0.25) is 0 Å². The van der Waals surface area contributed by atoms with Crippen LogP contribution in [0.5, 0.6) is 0 Å². The van der Waals surface area contributed by atoms with Gasteiger partial charge in [-0.15, -0.1) is 0 Å². The molecule has 0 amide bonds. The SMILES string of the molecule is O=C1C=CC=C(CSc2nonc2C(=N[C@@H]2Cc3ccc(F)cc32)NO)C1.O=C1C=CC=C(CSc2nonc2C(=N[C@H]2Cc3ccc(F)cc32)NO)C1. The molecule has 0 bridgehead atoms. The van der Waals surface area contributed by atoms with Gasteiger partial charge in [0.25, 0.3) is 0 Å². The monoisotopic (exact) mass is 772 g/mol. The molecule has 0 spiro atoms. The van der Waals surface area contributed by atoms with Gasteiger partial charge < -0.3 is 0 Å². The van der Waals surface area contributed by atoms with E-state index in [2.05, 4.69) is 30.6 Å². The number of aromatic nitrogens is 4. The normalized spacial score (nSPS) is 18.7. The maximum Gasteiger partial charge on any atom is 0.185 e. The lowest BCUT2D eigenvalue weighted by atomic mass is 9.83. The number of ketones is 2. The molecule has 14 nitrogen and oxygen atoms in total. The molecule has 18 heteroatoms. The quantitative estimate of drug-likeness (QED) is 0.0676. The fourth-order valence-electron chi connectivity index (χ4n) is 5.95. The number of carbonyl (C=O) groups excluding carboxylic acids is 2. The van der Waals surface area contributed by atoms with E-state index in [4.69, 9.17) is 9.26 Å². The van der Waals surface area contributed by atoms with Crippen LogP contribution in [0.15, 0.2) is 113 Å². The van der Waals surface area contributed by atoms with Crippen molar-refractivity contribution in [3.63, 3.8) is 0 Å². The molecule has 2 heterocycles. The maximum absolute atomic E-state index is 13.4. The number of aliphatic imine (C=N–C) groups is 2. The molecule has 2 aromatic heterocycles. The van der Waals surface area contributed by atoms with Crippen LogP contribution in [0.4, 0.5) is 8.78 Å². The number of hydrogen-bond acceptors (Lipinski definition) is 14. The Morgan fingerprint density at radius 1 is 0.722 bits per heavy atom. The zero-order valence-electron chi connectivity index (χ0n) is 28.1. The minimum Gasteiger partial charge on any atom is -0.294 e. The molecule has 0 fully saturated rings. The van der Waals surface area contributed by atoms with Crippen LogP contribution in [0.25, 0.3) is 0 Å².